The normalized spacial score (nSPS) is 19.0. The molecular formula is C24H31ClN6O2. The van der Waals surface area contributed by atoms with E-state index < -0.39 is 0 Å². The number of carbonyl (C=O) groups is 2. The molecule has 33 heavy (non-hydrogen) atoms. The molecule has 9 heteroatoms. The summed E-state index contributed by atoms with van der Waals surface area (Å²) in [6, 6.07) is 5.59. The fourth-order valence-corrected chi connectivity index (χ4v) is 4.61. The first kappa shape index (κ1) is 23.3. The Labute approximate surface area is 199 Å². The highest BCUT2D eigenvalue weighted by Crippen LogP contribution is 2.27. The van der Waals surface area contributed by atoms with Crippen LogP contribution in [0.4, 0.5) is 17.3 Å². The maximum atomic E-state index is 12.2. The fourth-order valence-electron chi connectivity index (χ4n) is 4.37. The van der Waals surface area contributed by atoms with Gasteiger partial charge in [0.2, 0.25) is 17.8 Å². The topological polar surface area (TPSA) is 99.3 Å². The zero-order valence-corrected chi connectivity index (χ0v) is 19.9. The van der Waals surface area contributed by atoms with Crippen LogP contribution in [0.1, 0.15) is 38.7 Å². The average Bonchev–Trinajstić information content (AvgIpc) is 3.25. The Morgan fingerprint density at radius 1 is 1.21 bits per heavy atom. The van der Waals surface area contributed by atoms with Crippen molar-refractivity contribution in [3.63, 3.8) is 0 Å². The standard InChI is InChI=1S/C24H31ClN6O2/c1-15(2)16-5-7-31(8-6-16)24-28-13-20(14-29-24)30-19-4-3-17(21(25)10-19)11-27-23(33)18-9-22(32)26-12-18/h3-4,10,13-16,18,30H,5-9,11-12H2,1-2H3,(H,26,32)(H,27,33). The number of nitrogens with zero attached hydrogens (tertiary/aromatic N) is 3. The number of carbonyl (C=O) groups excluding carboxylic acids is 2. The van der Waals surface area contributed by atoms with E-state index in [1.165, 1.54) is 12.8 Å². The minimum atomic E-state index is -0.318. The Bertz CT molecular complexity index is 989. The molecule has 2 aromatic rings. The molecule has 0 saturated carbocycles. The summed E-state index contributed by atoms with van der Waals surface area (Å²) in [5.41, 5.74) is 2.41. The number of nitrogens with one attached hydrogen (secondary N) is 3. The zero-order chi connectivity index (χ0) is 23.4. The third kappa shape index (κ3) is 5.93. The second-order valence-electron chi connectivity index (χ2n) is 9.19. The third-order valence-electron chi connectivity index (χ3n) is 6.55. The summed E-state index contributed by atoms with van der Waals surface area (Å²) in [6.45, 7) is 7.28. The first-order valence-electron chi connectivity index (χ1n) is 11.6. The molecule has 0 spiro atoms. The molecule has 1 unspecified atom stereocenters. The van der Waals surface area contributed by atoms with Gasteiger partial charge >= 0.3 is 0 Å². The lowest BCUT2D eigenvalue weighted by Crippen LogP contribution is -2.36. The van der Waals surface area contributed by atoms with Crippen molar-refractivity contribution in [3.05, 3.63) is 41.2 Å². The van der Waals surface area contributed by atoms with Gasteiger partial charge in [-0.3, -0.25) is 9.59 Å². The Morgan fingerprint density at radius 3 is 2.55 bits per heavy atom. The molecular weight excluding hydrogens is 440 g/mol. The van der Waals surface area contributed by atoms with Gasteiger partial charge in [-0.25, -0.2) is 9.97 Å². The van der Waals surface area contributed by atoms with E-state index in [0.717, 1.165) is 47.8 Å². The Hall–Kier alpha value is -2.87. The molecule has 2 aliphatic heterocycles. The number of anilines is 3. The number of hydrogen-bond acceptors (Lipinski definition) is 6. The van der Waals surface area contributed by atoms with E-state index in [0.29, 0.717) is 18.1 Å². The van der Waals surface area contributed by atoms with E-state index in [2.05, 4.69) is 44.7 Å². The summed E-state index contributed by atoms with van der Waals surface area (Å²) >= 11 is 6.43. The van der Waals surface area contributed by atoms with E-state index in [-0.39, 0.29) is 24.2 Å². The molecule has 3 N–H and O–H groups in total. The average molecular weight is 471 g/mol. The number of benzene rings is 1. The Kier molecular flexibility index (Phi) is 7.33. The first-order chi connectivity index (χ1) is 15.9. The van der Waals surface area contributed by atoms with Gasteiger partial charge in [0.05, 0.1) is 24.0 Å². The van der Waals surface area contributed by atoms with Gasteiger partial charge in [-0.1, -0.05) is 31.5 Å². The number of halogens is 1. The van der Waals surface area contributed by atoms with Crippen LogP contribution in [0.3, 0.4) is 0 Å². The number of amides is 2. The highest BCUT2D eigenvalue weighted by atomic mass is 35.5. The van der Waals surface area contributed by atoms with Crippen molar-refractivity contribution in [3.8, 4) is 0 Å². The van der Waals surface area contributed by atoms with E-state index in [1.54, 1.807) is 12.4 Å². The van der Waals surface area contributed by atoms with Crippen molar-refractivity contribution in [1.29, 1.82) is 0 Å². The predicted molar refractivity (Wildman–Crippen MR) is 130 cm³/mol. The number of rotatable bonds is 7. The van der Waals surface area contributed by atoms with Crippen molar-refractivity contribution < 1.29 is 9.59 Å². The van der Waals surface area contributed by atoms with Gasteiger partial charge in [0.15, 0.2) is 0 Å². The van der Waals surface area contributed by atoms with Crippen molar-refractivity contribution in [2.24, 2.45) is 17.8 Å². The van der Waals surface area contributed by atoms with Gasteiger partial charge in [0.25, 0.3) is 0 Å². The van der Waals surface area contributed by atoms with Crippen LogP contribution in [-0.2, 0) is 16.1 Å². The maximum absolute atomic E-state index is 12.2. The number of piperidine rings is 1. The van der Waals surface area contributed by atoms with Crippen molar-refractivity contribution in [2.75, 3.05) is 29.9 Å². The van der Waals surface area contributed by atoms with Crippen molar-refractivity contribution in [2.45, 2.75) is 39.7 Å². The fraction of sp³-hybridized carbons (Fsp3) is 0.500. The molecule has 4 rings (SSSR count). The lowest BCUT2D eigenvalue weighted by molar-refractivity contribution is -0.126. The molecule has 0 bridgehead atoms. The summed E-state index contributed by atoms with van der Waals surface area (Å²) in [4.78, 5) is 34.8. The van der Waals surface area contributed by atoms with E-state index in [4.69, 9.17) is 11.6 Å². The summed E-state index contributed by atoms with van der Waals surface area (Å²) in [5.74, 6) is 1.73. The van der Waals surface area contributed by atoms with Gasteiger partial charge in [-0.15, -0.1) is 0 Å². The van der Waals surface area contributed by atoms with Crippen LogP contribution < -0.4 is 20.9 Å². The van der Waals surface area contributed by atoms with Crippen molar-refractivity contribution >= 4 is 40.7 Å². The predicted octanol–water partition coefficient (Wildman–Crippen LogP) is 3.50. The molecule has 176 valence electrons. The van der Waals surface area contributed by atoms with Crippen LogP contribution in [0, 0.1) is 17.8 Å². The van der Waals surface area contributed by atoms with Crippen LogP contribution in [-0.4, -0.2) is 41.4 Å². The second kappa shape index (κ2) is 10.4. The van der Waals surface area contributed by atoms with Gasteiger partial charge in [0.1, 0.15) is 0 Å². The molecule has 2 fully saturated rings. The molecule has 1 aromatic heterocycles. The third-order valence-corrected chi connectivity index (χ3v) is 6.90. The van der Waals surface area contributed by atoms with Crippen molar-refractivity contribution in [1.82, 2.24) is 20.6 Å². The van der Waals surface area contributed by atoms with Crippen LogP contribution in [0.15, 0.2) is 30.6 Å². The van der Waals surface area contributed by atoms with E-state index >= 15 is 0 Å². The molecule has 8 nitrogen and oxygen atoms in total. The van der Waals surface area contributed by atoms with Crippen LogP contribution in [0.2, 0.25) is 5.02 Å². The van der Waals surface area contributed by atoms with Gasteiger partial charge < -0.3 is 20.9 Å². The minimum absolute atomic E-state index is 0.0867. The molecule has 0 aliphatic carbocycles. The van der Waals surface area contributed by atoms with Gasteiger partial charge in [0, 0.05) is 43.3 Å². The molecule has 0 radical (unpaired) electrons. The molecule has 2 amide bonds. The summed E-state index contributed by atoms with van der Waals surface area (Å²) in [6.07, 6.45) is 6.18. The number of aromatic nitrogens is 2. The van der Waals surface area contributed by atoms with E-state index in [9.17, 15) is 9.59 Å². The van der Waals surface area contributed by atoms with Gasteiger partial charge in [-0.2, -0.15) is 0 Å². The molecule has 1 aromatic carbocycles. The molecule has 3 heterocycles. The highest BCUT2D eigenvalue weighted by molar-refractivity contribution is 6.31. The van der Waals surface area contributed by atoms with E-state index in [1.807, 2.05) is 18.2 Å². The second-order valence-corrected chi connectivity index (χ2v) is 9.60. The smallest absolute Gasteiger partial charge is 0.225 e. The summed E-state index contributed by atoms with van der Waals surface area (Å²) < 4.78 is 0. The molecule has 1 atom stereocenters. The highest BCUT2D eigenvalue weighted by Gasteiger charge is 2.27. The van der Waals surface area contributed by atoms with Gasteiger partial charge in [-0.05, 0) is 42.4 Å². The molecule has 2 saturated heterocycles. The quantitative estimate of drug-likeness (QED) is 0.572. The zero-order valence-electron chi connectivity index (χ0n) is 19.1. The number of hydrogen-bond donors (Lipinski definition) is 3. The monoisotopic (exact) mass is 470 g/mol. The first-order valence-corrected chi connectivity index (χ1v) is 11.9. The summed E-state index contributed by atoms with van der Waals surface area (Å²) in [5, 5.41) is 9.35. The largest absolute Gasteiger partial charge is 0.355 e. The Morgan fingerprint density at radius 2 is 1.94 bits per heavy atom. The lowest BCUT2D eigenvalue weighted by atomic mass is 9.87. The Balaban J connectivity index is 1.30. The van der Waals surface area contributed by atoms with Crippen LogP contribution in [0.25, 0.3) is 0 Å². The lowest BCUT2D eigenvalue weighted by Gasteiger charge is -2.33. The summed E-state index contributed by atoms with van der Waals surface area (Å²) in [7, 11) is 0. The van der Waals surface area contributed by atoms with Crippen LogP contribution >= 0.6 is 11.6 Å². The SMILES string of the molecule is CC(C)C1CCN(c2ncc(Nc3ccc(CNC(=O)C4CNC(=O)C4)c(Cl)c3)cn2)CC1. The minimum Gasteiger partial charge on any atom is -0.355 e. The maximum Gasteiger partial charge on any atom is 0.225 e. The van der Waals surface area contributed by atoms with Crippen LogP contribution in [0.5, 0.6) is 0 Å². The molecule has 2 aliphatic rings.